The number of allylic oxidation sites excluding steroid dienone is 1. The second kappa shape index (κ2) is 8.96. The molecular weight excluding hydrogens is 404 g/mol. The third-order valence-corrected chi connectivity index (χ3v) is 5.28. The van der Waals surface area contributed by atoms with Gasteiger partial charge in [-0.15, -0.1) is 0 Å². The number of nitrogens with zero attached hydrogens (tertiary/aromatic N) is 1. The van der Waals surface area contributed by atoms with Crippen LogP contribution in [0.4, 0.5) is 0 Å². The fourth-order valence-corrected chi connectivity index (χ4v) is 3.40. The molecular formula is C22H22N2O5S. The molecule has 2 aromatic rings. The number of nitrogens with one attached hydrogen (secondary N) is 1. The lowest BCUT2D eigenvalue weighted by Crippen LogP contribution is -2.46. The van der Waals surface area contributed by atoms with E-state index in [2.05, 4.69) is 5.32 Å². The quantitative estimate of drug-likeness (QED) is 0.444. The van der Waals surface area contributed by atoms with Crippen LogP contribution in [0.2, 0.25) is 0 Å². The molecule has 0 aromatic heterocycles. The second-order valence-corrected chi connectivity index (χ2v) is 6.98. The molecule has 7 nitrogen and oxygen atoms in total. The van der Waals surface area contributed by atoms with Crippen molar-refractivity contribution in [3.05, 3.63) is 70.9 Å². The van der Waals surface area contributed by atoms with E-state index >= 15 is 0 Å². The highest BCUT2D eigenvalue weighted by Gasteiger charge is 2.33. The first-order chi connectivity index (χ1) is 14.4. The van der Waals surface area contributed by atoms with E-state index in [1.165, 1.54) is 14.2 Å². The van der Waals surface area contributed by atoms with Gasteiger partial charge in [0.1, 0.15) is 0 Å². The molecule has 0 bridgehead atoms. The lowest BCUT2D eigenvalue weighted by atomic mass is 9.95. The van der Waals surface area contributed by atoms with Crippen LogP contribution < -0.4 is 14.8 Å². The maximum Gasteiger partial charge on any atom is 0.343 e. The third-order valence-electron chi connectivity index (χ3n) is 4.89. The van der Waals surface area contributed by atoms with Crippen LogP contribution >= 0.6 is 12.2 Å². The molecule has 0 fully saturated rings. The highest BCUT2D eigenvalue weighted by Crippen LogP contribution is 2.36. The predicted molar refractivity (Wildman–Crippen MR) is 115 cm³/mol. The average Bonchev–Trinajstić information content (AvgIpc) is 2.77. The standard InChI is InChI=1S/C22H22N2O5S/c1-13-18(21(26)28-4)19(23-22(30)24(13)2)15-10-11-16(17(12-15)27-3)29-20(25)14-8-6-5-7-9-14/h5-12,19H,1-4H3,(H,23,30). The zero-order valence-corrected chi connectivity index (χ0v) is 17.9. The van der Waals surface area contributed by atoms with E-state index in [0.29, 0.717) is 33.3 Å². The maximum atomic E-state index is 12.4. The van der Waals surface area contributed by atoms with Crippen molar-refractivity contribution in [3.63, 3.8) is 0 Å². The number of methoxy groups -OCH3 is 2. The average molecular weight is 426 g/mol. The molecule has 1 atom stereocenters. The van der Waals surface area contributed by atoms with E-state index in [9.17, 15) is 9.59 Å². The second-order valence-electron chi connectivity index (χ2n) is 6.60. The topological polar surface area (TPSA) is 77.1 Å². The van der Waals surface area contributed by atoms with Crippen LogP contribution in [0.5, 0.6) is 11.5 Å². The molecule has 1 unspecified atom stereocenters. The van der Waals surface area contributed by atoms with Gasteiger partial charge in [0.2, 0.25) is 0 Å². The van der Waals surface area contributed by atoms with Crippen LogP contribution in [0.1, 0.15) is 28.9 Å². The molecule has 156 valence electrons. The monoisotopic (exact) mass is 426 g/mol. The van der Waals surface area contributed by atoms with Gasteiger partial charge in [-0.3, -0.25) is 0 Å². The zero-order valence-electron chi connectivity index (χ0n) is 17.1. The molecule has 8 heteroatoms. The van der Waals surface area contributed by atoms with Crippen LogP contribution in [0.15, 0.2) is 59.8 Å². The van der Waals surface area contributed by atoms with Gasteiger partial charge in [-0.1, -0.05) is 24.3 Å². The number of carbonyl (C=O) groups is 2. The first kappa shape index (κ1) is 21.3. The highest BCUT2D eigenvalue weighted by atomic mass is 32.1. The van der Waals surface area contributed by atoms with Crippen molar-refractivity contribution in [1.29, 1.82) is 0 Å². The Hall–Kier alpha value is -3.39. The van der Waals surface area contributed by atoms with E-state index in [-0.39, 0.29) is 5.75 Å². The predicted octanol–water partition coefficient (Wildman–Crippen LogP) is 3.22. The van der Waals surface area contributed by atoms with Crippen molar-refractivity contribution in [2.75, 3.05) is 21.3 Å². The number of rotatable bonds is 5. The number of thiocarbonyl (C=S) groups is 1. The van der Waals surface area contributed by atoms with Crippen LogP contribution in [0, 0.1) is 0 Å². The summed E-state index contributed by atoms with van der Waals surface area (Å²) in [4.78, 5) is 26.5. The summed E-state index contributed by atoms with van der Waals surface area (Å²) in [6, 6.07) is 13.2. The SMILES string of the molecule is COC(=O)C1=C(C)N(C)C(=S)NC1c1ccc(OC(=O)c2ccccc2)c(OC)c1. The summed E-state index contributed by atoms with van der Waals surface area (Å²) < 4.78 is 15.9. The first-order valence-electron chi connectivity index (χ1n) is 9.15. The minimum atomic E-state index is -0.533. The van der Waals surface area contributed by atoms with Gasteiger partial charge in [0, 0.05) is 12.7 Å². The number of ether oxygens (including phenoxy) is 3. The van der Waals surface area contributed by atoms with Crippen LogP contribution in [-0.2, 0) is 9.53 Å². The number of hydrogen-bond acceptors (Lipinski definition) is 6. The van der Waals surface area contributed by atoms with Gasteiger partial charge in [0.15, 0.2) is 16.6 Å². The first-order valence-corrected chi connectivity index (χ1v) is 9.56. The molecule has 0 spiro atoms. The summed E-state index contributed by atoms with van der Waals surface area (Å²) in [5.74, 6) is -0.333. The van der Waals surface area contributed by atoms with Crippen molar-refractivity contribution < 1.29 is 23.8 Å². The molecule has 3 rings (SSSR count). The lowest BCUT2D eigenvalue weighted by Gasteiger charge is -2.35. The Balaban J connectivity index is 1.96. The van der Waals surface area contributed by atoms with Crippen molar-refractivity contribution in [3.8, 4) is 11.5 Å². The summed E-state index contributed by atoms with van der Waals surface area (Å²) in [5, 5.41) is 3.63. The molecule has 1 heterocycles. The van der Waals surface area contributed by atoms with E-state index in [1.54, 1.807) is 61.3 Å². The van der Waals surface area contributed by atoms with Crippen molar-refractivity contribution in [2.45, 2.75) is 13.0 Å². The Labute approximate surface area is 180 Å². The van der Waals surface area contributed by atoms with Gasteiger partial charge < -0.3 is 24.4 Å². The van der Waals surface area contributed by atoms with E-state index < -0.39 is 18.0 Å². The summed E-state index contributed by atoms with van der Waals surface area (Å²) >= 11 is 5.38. The van der Waals surface area contributed by atoms with E-state index in [1.807, 2.05) is 6.07 Å². The van der Waals surface area contributed by atoms with Gasteiger partial charge in [-0.05, 0) is 49.0 Å². The molecule has 0 saturated heterocycles. The lowest BCUT2D eigenvalue weighted by molar-refractivity contribution is -0.136. The summed E-state index contributed by atoms with van der Waals surface area (Å²) in [7, 11) is 4.59. The number of benzene rings is 2. The van der Waals surface area contributed by atoms with Crippen molar-refractivity contribution in [2.24, 2.45) is 0 Å². The minimum absolute atomic E-state index is 0.269. The molecule has 1 aliphatic rings. The Kier molecular flexibility index (Phi) is 6.37. The summed E-state index contributed by atoms with van der Waals surface area (Å²) in [5.41, 5.74) is 2.26. The number of hydrogen-bond donors (Lipinski definition) is 1. The number of carbonyl (C=O) groups excluding carboxylic acids is 2. The van der Waals surface area contributed by atoms with Crippen LogP contribution in [0.25, 0.3) is 0 Å². The van der Waals surface area contributed by atoms with E-state index in [0.717, 1.165) is 0 Å². The molecule has 30 heavy (non-hydrogen) atoms. The third kappa shape index (κ3) is 4.13. The molecule has 2 aromatic carbocycles. The fraction of sp³-hybridized carbons (Fsp3) is 0.227. The maximum absolute atomic E-state index is 12.4. The normalized spacial score (nSPS) is 16.1. The van der Waals surface area contributed by atoms with Crippen LogP contribution in [0.3, 0.4) is 0 Å². The van der Waals surface area contributed by atoms with Gasteiger partial charge in [-0.25, -0.2) is 9.59 Å². The Bertz CT molecular complexity index is 1020. The molecule has 0 aliphatic carbocycles. The van der Waals surface area contributed by atoms with Crippen LogP contribution in [-0.4, -0.2) is 43.2 Å². The molecule has 0 amide bonds. The Morgan fingerprint density at radius 2 is 1.73 bits per heavy atom. The highest BCUT2D eigenvalue weighted by molar-refractivity contribution is 7.80. The van der Waals surface area contributed by atoms with Gasteiger partial charge >= 0.3 is 11.9 Å². The summed E-state index contributed by atoms with van der Waals surface area (Å²) in [6.45, 7) is 1.81. The Morgan fingerprint density at radius 1 is 1.03 bits per heavy atom. The van der Waals surface area contributed by atoms with Crippen molar-refractivity contribution >= 4 is 29.3 Å². The smallest absolute Gasteiger partial charge is 0.343 e. The van der Waals surface area contributed by atoms with Gasteiger partial charge in [0.25, 0.3) is 0 Å². The molecule has 1 N–H and O–H groups in total. The van der Waals surface area contributed by atoms with Gasteiger partial charge in [-0.2, -0.15) is 0 Å². The minimum Gasteiger partial charge on any atom is -0.493 e. The fourth-order valence-electron chi connectivity index (χ4n) is 3.14. The molecule has 0 saturated carbocycles. The summed E-state index contributed by atoms with van der Waals surface area (Å²) in [6.07, 6.45) is 0. The molecule has 0 radical (unpaired) electrons. The van der Waals surface area contributed by atoms with Gasteiger partial charge in [0.05, 0.1) is 31.4 Å². The zero-order chi connectivity index (χ0) is 21.8. The molecule has 1 aliphatic heterocycles. The van der Waals surface area contributed by atoms with E-state index in [4.69, 9.17) is 26.4 Å². The Morgan fingerprint density at radius 3 is 2.37 bits per heavy atom. The number of esters is 2. The largest absolute Gasteiger partial charge is 0.493 e. The van der Waals surface area contributed by atoms with Crippen molar-refractivity contribution in [1.82, 2.24) is 10.2 Å².